The minimum absolute atomic E-state index is 0.260. The highest BCUT2D eigenvalue weighted by Crippen LogP contribution is 2.38. The Labute approximate surface area is 103 Å². The summed E-state index contributed by atoms with van der Waals surface area (Å²) in [7, 11) is 0. The molecule has 0 aromatic heterocycles. The van der Waals surface area contributed by atoms with Crippen molar-refractivity contribution in [1.82, 2.24) is 4.90 Å². The lowest BCUT2D eigenvalue weighted by Crippen LogP contribution is -2.40. The van der Waals surface area contributed by atoms with Gasteiger partial charge in [-0.2, -0.15) is 0 Å². The molecule has 1 fully saturated rings. The monoisotopic (exact) mass is 235 g/mol. The molecule has 94 valence electrons. The van der Waals surface area contributed by atoms with Crippen LogP contribution in [0.5, 0.6) is 0 Å². The van der Waals surface area contributed by atoms with Gasteiger partial charge in [0.15, 0.2) is 5.78 Å². The highest BCUT2D eigenvalue weighted by atomic mass is 16.5. The molecule has 0 N–H and O–H groups in total. The number of carbonyl (C=O) groups excluding carboxylic acids is 1. The van der Waals surface area contributed by atoms with Crippen molar-refractivity contribution in [3.05, 3.63) is 11.1 Å². The summed E-state index contributed by atoms with van der Waals surface area (Å²) in [6, 6.07) is 0. The van der Waals surface area contributed by atoms with Gasteiger partial charge in [-0.25, -0.2) is 0 Å². The van der Waals surface area contributed by atoms with Crippen LogP contribution in [0.2, 0.25) is 0 Å². The molecule has 3 nitrogen and oxygen atoms in total. The van der Waals surface area contributed by atoms with Gasteiger partial charge in [0.25, 0.3) is 0 Å². The third kappa shape index (κ3) is 2.31. The molecule has 0 aromatic carbocycles. The largest absolute Gasteiger partial charge is 0.379 e. The van der Waals surface area contributed by atoms with E-state index in [4.69, 9.17) is 4.74 Å². The maximum atomic E-state index is 12.3. The highest BCUT2D eigenvalue weighted by molar-refractivity contribution is 6.00. The van der Waals surface area contributed by atoms with Crippen LogP contribution in [0.15, 0.2) is 11.1 Å². The molecule has 3 rings (SSSR count). The fraction of sp³-hybridized carbons (Fsp3) is 0.786. The van der Waals surface area contributed by atoms with E-state index in [0.717, 1.165) is 45.7 Å². The molecule has 3 heteroatoms. The number of morpholine rings is 1. The Hall–Kier alpha value is -0.670. The SMILES string of the molecule is O=C1C2=C(CCCC2)CC1CN1CCOCC1. The Balaban J connectivity index is 1.61. The van der Waals surface area contributed by atoms with Crippen molar-refractivity contribution < 1.29 is 9.53 Å². The lowest BCUT2D eigenvalue weighted by molar-refractivity contribution is -0.119. The van der Waals surface area contributed by atoms with Gasteiger partial charge in [0.1, 0.15) is 0 Å². The van der Waals surface area contributed by atoms with Gasteiger partial charge >= 0.3 is 0 Å². The first kappa shape index (κ1) is 11.4. The van der Waals surface area contributed by atoms with Crippen molar-refractivity contribution in [2.45, 2.75) is 32.1 Å². The van der Waals surface area contributed by atoms with E-state index in [0.29, 0.717) is 5.78 Å². The van der Waals surface area contributed by atoms with Crippen molar-refractivity contribution >= 4 is 5.78 Å². The molecule has 17 heavy (non-hydrogen) atoms. The lowest BCUT2D eigenvalue weighted by atomic mass is 9.94. The number of nitrogens with zero attached hydrogens (tertiary/aromatic N) is 1. The third-order valence-corrected chi connectivity index (χ3v) is 4.33. The lowest BCUT2D eigenvalue weighted by Gasteiger charge is -2.28. The van der Waals surface area contributed by atoms with Crippen molar-refractivity contribution in [1.29, 1.82) is 0 Å². The van der Waals surface area contributed by atoms with Crippen LogP contribution in [0.1, 0.15) is 32.1 Å². The number of ether oxygens (including phenoxy) is 1. The summed E-state index contributed by atoms with van der Waals surface area (Å²) in [6.07, 6.45) is 5.78. The van der Waals surface area contributed by atoms with Crippen LogP contribution in [0, 0.1) is 5.92 Å². The van der Waals surface area contributed by atoms with Crippen LogP contribution in [0.4, 0.5) is 0 Å². The minimum atomic E-state index is 0.260. The summed E-state index contributed by atoms with van der Waals surface area (Å²) in [5.74, 6) is 0.724. The molecule has 3 aliphatic rings. The van der Waals surface area contributed by atoms with Crippen LogP contribution in [-0.4, -0.2) is 43.5 Å². The predicted molar refractivity (Wildman–Crippen MR) is 65.9 cm³/mol. The van der Waals surface area contributed by atoms with Gasteiger partial charge in [0.05, 0.1) is 13.2 Å². The van der Waals surface area contributed by atoms with E-state index in [1.54, 1.807) is 0 Å². The van der Waals surface area contributed by atoms with Gasteiger partial charge in [0, 0.05) is 25.6 Å². The number of hydrogen-bond acceptors (Lipinski definition) is 3. The number of rotatable bonds is 2. The maximum Gasteiger partial charge on any atom is 0.163 e. The van der Waals surface area contributed by atoms with Gasteiger partial charge in [0.2, 0.25) is 0 Å². The molecule has 1 aliphatic heterocycles. The second-order valence-corrected chi connectivity index (χ2v) is 5.47. The number of hydrogen-bond donors (Lipinski definition) is 0. The third-order valence-electron chi connectivity index (χ3n) is 4.33. The average molecular weight is 235 g/mol. The Morgan fingerprint density at radius 3 is 2.71 bits per heavy atom. The van der Waals surface area contributed by atoms with Crippen LogP contribution >= 0.6 is 0 Å². The molecule has 0 saturated carbocycles. The summed E-state index contributed by atoms with van der Waals surface area (Å²) in [5.41, 5.74) is 2.69. The molecule has 0 aromatic rings. The van der Waals surface area contributed by atoms with E-state index in [-0.39, 0.29) is 5.92 Å². The standard InChI is InChI=1S/C14H21NO2/c16-14-12(10-15-5-7-17-8-6-15)9-11-3-1-2-4-13(11)14/h12H,1-10H2. The average Bonchev–Trinajstić information content (AvgIpc) is 2.68. The van der Waals surface area contributed by atoms with E-state index in [1.807, 2.05) is 0 Å². The second-order valence-electron chi connectivity index (χ2n) is 5.47. The van der Waals surface area contributed by atoms with Gasteiger partial charge in [-0.15, -0.1) is 0 Å². The topological polar surface area (TPSA) is 29.5 Å². The van der Waals surface area contributed by atoms with Gasteiger partial charge in [-0.1, -0.05) is 5.57 Å². The zero-order valence-corrected chi connectivity index (χ0v) is 10.4. The normalized spacial score (nSPS) is 30.8. The first-order valence-electron chi connectivity index (χ1n) is 6.90. The Kier molecular flexibility index (Phi) is 3.30. The minimum Gasteiger partial charge on any atom is -0.379 e. The number of carbonyl (C=O) groups is 1. The summed E-state index contributed by atoms with van der Waals surface area (Å²) < 4.78 is 5.35. The summed E-state index contributed by atoms with van der Waals surface area (Å²) in [5, 5.41) is 0. The quantitative estimate of drug-likeness (QED) is 0.730. The van der Waals surface area contributed by atoms with Crippen LogP contribution < -0.4 is 0 Å². The predicted octanol–water partition coefficient (Wildman–Crippen LogP) is 1.78. The molecule has 0 radical (unpaired) electrons. The van der Waals surface area contributed by atoms with E-state index in [9.17, 15) is 4.79 Å². The molecular formula is C14H21NO2. The molecule has 0 amide bonds. The second kappa shape index (κ2) is 4.91. The van der Waals surface area contributed by atoms with E-state index >= 15 is 0 Å². The smallest absolute Gasteiger partial charge is 0.163 e. The fourth-order valence-corrected chi connectivity index (χ4v) is 3.37. The Morgan fingerprint density at radius 1 is 1.18 bits per heavy atom. The van der Waals surface area contributed by atoms with Gasteiger partial charge < -0.3 is 4.74 Å². The molecule has 1 atom stereocenters. The molecule has 1 heterocycles. The molecule has 2 aliphatic carbocycles. The number of Topliss-reactive ketones (excluding diaryl/α,β-unsaturated/α-hetero) is 1. The molecular weight excluding hydrogens is 214 g/mol. The number of allylic oxidation sites excluding steroid dienone is 2. The summed E-state index contributed by atoms with van der Waals surface area (Å²) in [6.45, 7) is 4.60. The van der Waals surface area contributed by atoms with Crippen LogP contribution in [0.3, 0.4) is 0 Å². The zero-order valence-electron chi connectivity index (χ0n) is 10.4. The zero-order chi connectivity index (χ0) is 11.7. The Morgan fingerprint density at radius 2 is 1.94 bits per heavy atom. The summed E-state index contributed by atoms with van der Waals surface area (Å²) >= 11 is 0. The van der Waals surface area contributed by atoms with E-state index < -0.39 is 0 Å². The van der Waals surface area contributed by atoms with Crippen LogP contribution in [0.25, 0.3) is 0 Å². The van der Waals surface area contributed by atoms with Crippen molar-refractivity contribution in [2.24, 2.45) is 5.92 Å². The van der Waals surface area contributed by atoms with Gasteiger partial charge in [-0.05, 0) is 37.7 Å². The van der Waals surface area contributed by atoms with E-state index in [2.05, 4.69) is 4.90 Å². The maximum absolute atomic E-state index is 12.3. The van der Waals surface area contributed by atoms with Crippen molar-refractivity contribution in [2.75, 3.05) is 32.8 Å². The van der Waals surface area contributed by atoms with Crippen molar-refractivity contribution in [3.63, 3.8) is 0 Å². The summed E-state index contributed by atoms with van der Waals surface area (Å²) in [4.78, 5) is 14.7. The van der Waals surface area contributed by atoms with E-state index in [1.165, 1.54) is 30.4 Å². The van der Waals surface area contributed by atoms with Crippen molar-refractivity contribution in [3.8, 4) is 0 Å². The fourth-order valence-electron chi connectivity index (χ4n) is 3.37. The molecule has 0 spiro atoms. The molecule has 1 saturated heterocycles. The highest BCUT2D eigenvalue weighted by Gasteiger charge is 2.34. The first-order valence-corrected chi connectivity index (χ1v) is 6.90. The molecule has 0 bridgehead atoms. The Bertz CT molecular complexity index is 342. The molecule has 1 unspecified atom stereocenters. The van der Waals surface area contributed by atoms with Gasteiger partial charge in [-0.3, -0.25) is 9.69 Å². The number of ketones is 1. The van der Waals surface area contributed by atoms with Crippen LogP contribution in [-0.2, 0) is 9.53 Å². The first-order chi connectivity index (χ1) is 8.34.